The Kier molecular flexibility index (Phi) is 5.93. The third-order valence-electron chi connectivity index (χ3n) is 4.38. The zero-order chi connectivity index (χ0) is 12.8. The highest BCUT2D eigenvalue weighted by Gasteiger charge is 2.30. The first-order valence-corrected chi connectivity index (χ1v) is 7.99. The van der Waals surface area contributed by atoms with Crippen LogP contribution in [0.5, 0.6) is 0 Å². The summed E-state index contributed by atoms with van der Waals surface area (Å²) >= 11 is 0. The molecule has 1 unspecified atom stereocenters. The zero-order valence-corrected chi connectivity index (χ0v) is 12.3. The Labute approximate surface area is 113 Å². The normalized spacial score (nSPS) is 24.3. The van der Waals surface area contributed by atoms with Gasteiger partial charge in [-0.2, -0.15) is 0 Å². The lowest BCUT2D eigenvalue weighted by molar-refractivity contribution is 0.125. The molecule has 0 aromatic carbocycles. The molecule has 2 rings (SSSR count). The van der Waals surface area contributed by atoms with Gasteiger partial charge in [0.15, 0.2) is 0 Å². The lowest BCUT2D eigenvalue weighted by Crippen LogP contribution is -2.47. The summed E-state index contributed by atoms with van der Waals surface area (Å²) in [6.45, 7) is 12.2. The summed E-state index contributed by atoms with van der Waals surface area (Å²) in [6.07, 6.45) is 7.00. The second kappa shape index (κ2) is 7.46. The Morgan fingerprint density at radius 1 is 1.11 bits per heavy atom. The van der Waals surface area contributed by atoms with Gasteiger partial charge in [-0.15, -0.1) is 0 Å². The molecule has 1 saturated carbocycles. The van der Waals surface area contributed by atoms with Crippen LogP contribution in [-0.4, -0.2) is 61.2 Å². The molecule has 1 N–H and O–H groups in total. The lowest BCUT2D eigenvalue weighted by atomic mass is 10.1. The quantitative estimate of drug-likeness (QED) is 0.667. The van der Waals surface area contributed by atoms with Crippen LogP contribution in [0, 0.1) is 0 Å². The van der Waals surface area contributed by atoms with Crippen molar-refractivity contribution in [2.45, 2.75) is 58.0 Å². The second-order valence-electron chi connectivity index (χ2n) is 6.06. The molecule has 0 amide bonds. The van der Waals surface area contributed by atoms with Crippen LogP contribution in [0.1, 0.15) is 46.0 Å². The summed E-state index contributed by atoms with van der Waals surface area (Å²) in [6, 6.07) is 1.66. The molecule has 0 aromatic heterocycles. The number of piperazine rings is 1. The Hall–Kier alpha value is -0.120. The van der Waals surface area contributed by atoms with E-state index in [0.29, 0.717) is 6.04 Å². The van der Waals surface area contributed by atoms with Crippen LogP contribution in [0.3, 0.4) is 0 Å². The van der Waals surface area contributed by atoms with Crippen molar-refractivity contribution in [3.05, 3.63) is 0 Å². The molecule has 1 aliphatic carbocycles. The van der Waals surface area contributed by atoms with E-state index in [-0.39, 0.29) is 0 Å². The molecule has 18 heavy (non-hydrogen) atoms. The van der Waals surface area contributed by atoms with Crippen LogP contribution in [-0.2, 0) is 0 Å². The first-order valence-electron chi connectivity index (χ1n) is 7.99. The lowest BCUT2D eigenvalue weighted by Gasteiger charge is -2.34. The Morgan fingerprint density at radius 2 is 1.83 bits per heavy atom. The number of hydrogen-bond acceptors (Lipinski definition) is 3. The number of nitrogens with one attached hydrogen (secondary N) is 1. The Morgan fingerprint density at radius 3 is 2.44 bits per heavy atom. The van der Waals surface area contributed by atoms with E-state index in [2.05, 4.69) is 29.0 Å². The highest BCUT2D eigenvalue weighted by molar-refractivity contribution is 4.87. The first kappa shape index (κ1) is 14.3. The van der Waals surface area contributed by atoms with Crippen molar-refractivity contribution >= 4 is 0 Å². The summed E-state index contributed by atoms with van der Waals surface area (Å²) in [5, 5.41) is 3.49. The molecule has 0 spiro atoms. The van der Waals surface area contributed by atoms with Gasteiger partial charge in [-0.1, -0.05) is 13.3 Å². The second-order valence-corrected chi connectivity index (χ2v) is 6.06. The molecule has 1 saturated heterocycles. The van der Waals surface area contributed by atoms with E-state index in [1.165, 1.54) is 64.8 Å². The van der Waals surface area contributed by atoms with Gasteiger partial charge >= 0.3 is 0 Å². The van der Waals surface area contributed by atoms with Crippen molar-refractivity contribution < 1.29 is 0 Å². The van der Waals surface area contributed by atoms with Crippen LogP contribution in [0.2, 0.25) is 0 Å². The Bertz CT molecular complexity index is 220. The number of hydrogen-bond donors (Lipinski definition) is 1. The van der Waals surface area contributed by atoms with E-state index >= 15 is 0 Å². The third kappa shape index (κ3) is 4.87. The minimum absolute atomic E-state index is 0.696. The molecule has 3 heteroatoms. The fourth-order valence-electron chi connectivity index (χ4n) is 3.03. The van der Waals surface area contributed by atoms with Gasteiger partial charge in [0.05, 0.1) is 0 Å². The van der Waals surface area contributed by atoms with Crippen LogP contribution < -0.4 is 5.32 Å². The summed E-state index contributed by atoms with van der Waals surface area (Å²) in [5.41, 5.74) is 0. The fraction of sp³-hybridized carbons (Fsp3) is 1.00. The number of unbranched alkanes of at least 4 members (excludes halogenated alkanes) is 1. The number of nitrogens with zero attached hydrogens (tertiary/aromatic N) is 2. The van der Waals surface area contributed by atoms with Crippen molar-refractivity contribution in [3.63, 3.8) is 0 Å². The molecule has 3 nitrogen and oxygen atoms in total. The van der Waals surface area contributed by atoms with Crippen LogP contribution in [0.25, 0.3) is 0 Å². The Balaban J connectivity index is 1.47. The molecule has 2 fully saturated rings. The largest absolute Gasteiger partial charge is 0.315 e. The maximum atomic E-state index is 3.49. The van der Waals surface area contributed by atoms with E-state index in [4.69, 9.17) is 0 Å². The average molecular weight is 253 g/mol. The van der Waals surface area contributed by atoms with E-state index in [9.17, 15) is 0 Å². The standard InChI is InChI=1S/C15H31N3/c1-3-16-14(2)6-4-5-9-17-10-12-18(13-11-17)15-7-8-15/h14-16H,3-13H2,1-2H3. The third-order valence-corrected chi connectivity index (χ3v) is 4.38. The molecule has 1 atom stereocenters. The maximum absolute atomic E-state index is 3.49. The molecular formula is C15H31N3. The first-order chi connectivity index (χ1) is 8.79. The van der Waals surface area contributed by atoms with E-state index in [1.54, 1.807) is 0 Å². The maximum Gasteiger partial charge on any atom is 0.0113 e. The monoisotopic (exact) mass is 253 g/mol. The molecule has 106 valence electrons. The van der Waals surface area contributed by atoms with Crippen molar-refractivity contribution in [2.75, 3.05) is 39.3 Å². The molecule has 2 aliphatic rings. The van der Waals surface area contributed by atoms with Crippen molar-refractivity contribution in [1.29, 1.82) is 0 Å². The summed E-state index contributed by atoms with van der Waals surface area (Å²) < 4.78 is 0. The van der Waals surface area contributed by atoms with Gasteiger partial charge in [-0.25, -0.2) is 0 Å². The topological polar surface area (TPSA) is 18.5 Å². The molecule has 0 bridgehead atoms. The van der Waals surface area contributed by atoms with E-state index < -0.39 is 0 Å². The summed E-state index contributed by atoms with van der Waals surface area (Å²) in [4.78, 5) is 5.36. The van der Waals surface area contributed by atoms with E-state index in [0.717, 1.165) is 12.6 Å². The molecular weight excluding hydrogens is 222 g/mol. The smallest absolute Gasteiger partial charge is 0.0113 e. The minimum atomic E-state index is 0.696. The van der Waals surface area contributed by atoms with Gasteiger partial charge in [0.2, 0.25) is 0 Å². The van der Waals surface area contributed by atoms with E-state index in [1.807, 2.05) is 0 Å². The van der Waals surface area contributed by atoms with Crippen LogP contribution in [0.15, 0.2) is 0 Å². The van der Waals surface area contributed by atoms with Gasteiger partial charge in [0.1, 0.15) is 0 Å². The van der Waals surface area contributed by atoms with Crippen molar-refractivity contribution in [1.82, 2.24) is 15.1 Å². The predicted octanol–water partition coefficient (Wildman–Crippen LogP) is 1.93. The zero-order valence-electron chi connectivity index (χ0n) is 12.3. The van der Waals surface area contributed by atoms with Crippen LogP contribution >= 0.6 is 0 Å². The fourth-order valence-corrected chi connectivity index (χ4v) is 3.03. The van der Waals surface area contributed by atoms with Crippen molar-refractivity contribution in [3.8, 4) is 0 Å². The molecule has 0 radical (unpaired) electrons. The molecule has 1 heterocycles. The summed E-state index contributed by atoms with van der Waals surface area (Å²) in [7, 11) is 0. The van der Waals surface area contributed by atoms with Crippen LogP contribution in [0.4, 0.5) is 0 Å². The SMILES string of the molecule is CCNC(C)CCCCN1CCN(C2CC2)CC1. The van der Waals surface area contributed by atoms with Gasteiger partial charge in [0, 0.05) is 38.3 Å². The predicted molar refractivity (Wildman–Crippen MR) is 78.0 cm³/mol. The highest BCUT2D eigenvalue weighted by atomic mass is 15.3. The average Bonchev–Trinajstić information content (AvgIpc) is 3.20. The van der Waals surface area contributed by atoms with Gasteiger partial charge in [0.25, 0.3) is 0 Å². The van der Waals surface area contributed by atoms with Gasteiger partial charge in [-0.05, 0) is 45.7 Å². The van der Waals surface area contributed by atoms with Gasteiger partial charge < -0.3 is 10.2 Å². The van der Waals surface area contributed by atoms with Gasteiger partial charge in [-0.3, -0.25) is 4.90 Å². The molecule has 1 aliphatic heterocycles. The summed E-state index contributed by atoms with van der Waals surface area (Å²) in [5.74, 6) is 0. The minimum Gasteiger partial charge on any atom is -0.315 e. The highest BCUT2D eigenvalue weighted by Crippen LogP contribution is 2.27. The van der Waals surface area contributed by atoms with Crippen molar-refractivity contribution in [2.24, 2.45) is 0 Å². The molecule has 0 aromatic rings. The number of rotatable bonds is 8.